The summed E-state index contributed by atoms with van der Waals surface area (Å²) in [5.74, 6) is 1.83. The number of nitrogens with zero attached hydrogens (tertiary/aromatic N) is 3. The summed E-state index contributed by atoms with van der Waals surface area (Å²) < 4.78 is 16.5. The van der Waals surface area contributed by atoms with Crippen molar-refractivity contribution in [2.75, 3.05) is 40.0 Å². The number of benzene rings is 1. The van der Waals surface area contributed by atoms with Gasteiger partial charge >= 0.3 is 0 Å². The molecule has 30 heavy (non-hydrogen) atoms. The lowest BCUT2D eigenvalue weighted by atomic mass is 10.2. The van der Waals surface area contributed by atoms with Gasteiger partial charge in [-0.2, -0.15) is 4.98 Å². The quantitative estimate of drug-likeness (QED) is 0.203. The molecular formula is C20H29ClIN5O3. The van der Waals surface area contributed by atoms with Crippen LogP contribution in [0, 0.1) is 0 Å². The Morgan fingerprint density at radius 3 is 2.97 bits per heavy atom. The zero-order valence-electron chi connectivity index (χ0n) is 17.1. The first-order valence-electron chi connectivity index (χ1n) is 9.97. The Balaban J connectivity index is 0.00000320. The maximum absolute atomic E-state index is 6.01. The van der Waals surface area contributed by atoms with Crippen molar-refractivity contribution >= 4 is 41.5 Å². The highest BCUT2D eigenvalue weighted by atomic mass is 127. The minimum Gasteiger partial charge on any atom is -0.379 e. The SMILES string of the molecule is CN=C(NCCCOCC1CCCO1)NCCc1nc(-c2cccc(Cl)c2)no1.I. The lowest BCUT2D eigenvalue weighted by Gasteiger charge is -2.12. The highest BCUT2D eigenvalue weighted by molar-refractivity contribution is 14.0. The summed E-state index contributed by atoms with van der Waals surface area (Å²) in [5.41, 5.74) is 0.833. The molecule has 8 nitrogen and oxygen atoms in total. The van der Waals surface area contributed by atoms with E-state index in [4.69, 9.17) is 25.6 Å². The van der Waals surface area contributed by atoms with Gasteiger partial charge in [0.1, 0.15) is 0 Å². The van der Waals surface area contributed by atoms with Crippen molar-refractivity contribution in [3.63, 3.8) is 0 Å². The average Bonchev–Trinajstić information content (AvgIpc) is 3.41. The van der Waals surface area contributed by atoms with Crippen LogP contribution in [0.3, 0.4) is 0 Å². The molecule has 2 aromatic rings. The summed E-state index contributed by atoms with van der Waals surface area (Å²) in [6, 6.07) is 7.38. The first-order chi connectivity index (χ1) is 14.2. The Morgan fingerprint density at radius 1 is 1.33 bits per heavy atom. The number of rotatable bonds is 10. The summed E-state index contributed by atoms with van der Waals surface area (Å²) in [4.78, 5) is 8.62. The fraction of sp³-hybridized carbons (Fsp3) is 0.550. The molecule has 0 amide bonds. The zero-order chi connectivity index (χ0) is 20.3. The lowest BCUT2D eigenvalue weighted by Crippen LogP contribution is -2.39. The van der Waals surface area contributed by atoms with Gasteiger partial charge in [0.2, 0.25) is 11.7 Å². The fourth-order valence-electron chi connectivity index (χ4n) is 2.98. The number of nitrogens with one attached hydrogen (secondary N) is 2. The van der Waals surface area contributed by atoms with Crippen LogP contribution in [0.1, 0.15) is 25.2 Å². The van der Waals surface area contributed by atoms with Crippen LogP contribution in [0.4, 0.5) is 0 Å². The summed E-state index contributed by atoms with van der Waals surface area (Å²) in [5, 5.41) is 11.2. The third-order valence-electron chi connectivity index (χ3n) is 4.49. The minimum absolute atomic E-state index is 0. The Kier molecular flexibility index (Phi) is 11.4. The van der Waals surface area contributed by atoms with Crippen molar-refractivity contribution in [2.45, 2.75) is 31.8 Å². The Morgan fingerprint density at radius 2 is 2.20 bits per heavy atom. The predicted molar refractivity (Wildman–Crippen MR) is 128 cm³/mol. The standard InChI is InChI=1S/C20H28ClN5O3.HI/c1-22-20(23-9-4-11-27-14-17-7-3-12-28-17)24-10-8-18-25-19(26-29-18)15-5-2-6-16(21)13-15;/h2,5-6,13,17H,3-4,7-12,14H2,1H3,(H2,22,23,24);1H. The van der Waals surface area contributed by atoms with E-state index in [0.717, 1.165) is 43.9 Å². The molecule has 0 bridgehead atoms. The van der Waals surface area contributed by atoms with Crippen molar-refractivity contribution < 1.29 is 14.0 Å². The second-order valence-corrected chi connectivity index (χ2v) is 7.20. The molecule has 1 aromatic heterocycles. The summed E-state index contributed by atoms with van der Waals surface area (Å²) >= 11 is 6.01. The van der Waals surface area contributed by atoms with E-state index < -0.39 is 0 Å². The van der Waals surface area contributed by atoms with E-state index >= 15 is 0 Å². The molecule has 1 aliphatic rings. The van der Waals surface area contributed by atoms with E-state index in [1.54, 1.807) is 7.05 Å². The smallest absolute Gasteiger partial charge is 0.228 e. The van der Waals surface area contributed by atoms with Gasteiger partial charge in [-0.25, -0.2) is 0 Å². The molecular weight excluding hydrogens is 521 g/mol. The van der Waals surface area contributed by atoms with Gasteiger partial charge in [0.05, 0.1) is 12.7 Å². The molecule has 0 aliphatic carbocycles. The number of guanidine groups is 1. The Bertz CT molecular complexity index is 783. The number of aromatic nitrogens is 2. The van der Waals surface area contributed by atoms with E-state index in [1.165, 1.54) is 0 Å². The van der Waals surface area contributed by atoms with E-state index in [1.807, 2.05) is 24.3 Å². The molecule has 1 aliphatic heterocycles. The molecule has 1 saturated heterocycles. The topological polar surface area (TPSA) is 93.8 Å². The third-order valence-corrected chi connectivity index (χ3v) is 4.73. The maximum Gasteiger partial charge on any atom is 0.228 e. The van der Waals surface area contributed by atoms with Crippen LogP contribution in [0.15, 0.2) is 33.8 Å². The molecule has 0 radical (unpaired) electrons. The van der Waals surface area contributed by atoms with Crippen LogP contribution in [-0.4, -0.2) is 62.2 Å². The number of halogens is 2. The first-order valence-corrected chi connectivity index (χ1v) is 10.3. The van der Waals surface area contributed by atoms with Gasteiger partial charge in [-0.05, 0) is 31.4 Å². The van der Waals surface area contributed by atoms with Crippen molar-refractivity contribution in [3.05, 3.63) is 35.2 Å². The Labute approximate surface area is 199 Å². The molecule has 1 fully saturated rings. The second kappa shape index (κ2) is 13.8. The highest BCUT2D eigenvalue weighted by Crippen LogP contribution is 2.19. The third kappa shape index (κ3) is 8.37. The molecule has 10 heteroatoms. The van der Waals surface area contributed by atoms with E-state index in [2.05, 4.69) is 25.8 Å². The molecule has 166 valence electrons. The Hall–Kier alpha value is -1.43. The average molecular weight is 550 g/mol. The molecule has 1 unspecified atom stereocenters. The molecule has 0 spiro atoms. The van der Waals surface area contributed by atoms with E-state index in [-0.39, 0.29) is 30.1 Å². The maximum atomic E-state index is 6.01. The number of ether oxygens (including phenoxy) is 2. The second-order valence-electron chi connectivity index (χ2n) is 6.76. The van der Waals surface area contributed by atoms with Crippen LogP contribution >= 0.6 is 35.6 Å². The number of aliphatic imine (C=N–C) groups is 1. The predicted octanol–water partition coefficient (Wildman–Crippen LogP) is 3.30. The molecule has 2 heterocycles. The number of hydrogen-bond donors (Lipinski definition) is 2. The first kappa shape index (κ1) is 24.8. The van der Waals surface area contributed by atoms with Gasteiger partial charge in [-0.3, -0.25) is 4.99 Å². The highest BCUT2D eigenvalue weighted by Gasteiger charge is 2.15. The molecule has 0 saturated carbocycles. The van der Waals surface area contributed by atoms with Crippen molar-refractivity contribution in [1.82, 2.24) is 20.8 Å². The van der Waals surface area contributed by atoms with Crippen molar-refractivity contribution in [2.24, 2.45) is 4.99 Å². The molecule has 1 aromatic carbocycles. The van der Waals surface area contributed by atoms with Gasteiger partial charge in [0.15, 0.2) is 5.96 Å². The van der Waals surface area contributed by atoms with Crippen molar-refractivity contribution in [1.29, 1.82) is 0 Å². The zero-order valence-corrected chi connectivity index (χ0v) is 20.2. The van der Waals surface area contributed by atoms with E-state index in [0.29, 0.717) is 42.9 Å². The van der Waals surface area contributed by atoms with Crippen LogP contribution in [0.5, 0.6) is 0 Å². The normalized spacial score (nSPS) is 16.3. The van der Waals surface area contributed by atoms with Crippen molar-refractivity contribution in [3.8, 4) is 11.4 Å². The van der Waals surface area contributed by atoms with Crippen LogP contribution in [0.25, 0.3) is 11.4 Å². The van der Waals surface area contributed by atoms with Gasteiger partial charge in [-0.15, -0.1) is 24.0 Å². The van der Waals surface area contributed by atoms with E-state index in [9.17, 15) is 0 Å². The minimum atomic E-state index is 0. The van der Waals surface area contributed by atoms with Gasteiger partial charge in [0.25, 0.3) is 0 Å². The summed E-state index contributed by atoms with van der Waals surface area (Å²) in [7, 11) is 1.74. The summed E-state index contributed by atoms with van der Waals surface area (Å²) in [6.45, 7) is 3.67. The number of hydrogen-bond acceptors (Lipinski definition) is 6. The largest absolute Gasteiger partial charge is 0.379 e. The van der Waals surface area contributed by atoms with Gasteiger partial charge in [0, 0.05) is 50.4 Å². The lowest BCUT2D eigenvalue weighted by molar-refractivity contribution is 0.0168. The summed E-state index contributed by atoms with van der Waals surface area (Å²) in [6.07, 6.45) is 4.03. The monoisotopic (exact) mass is 549 g/mol. The molecule has 3 rings (SSSR count). The van der Waals surface area contributed by atoms with Gasteiger partial charge < -0.3 is 24.6 Å². The molecule has 2 N–H and O–H groups in total. The fourth-order valence-corrected chi connectivity index (χ4v) is 3.17. The van der Waals surface area contributed by atoms with Crippen LogP contribution < -0.4 is 10.6 Å². The van der Waals surface area contributed by atoms with Crippen LogP contribution in [0.2, 0.25) is 5.02 Å². The van der Waals surface area contributed by atoms with Gasteiger partial charge in [-0.1, -0.05) is 28.9 Å². The van der Waals surface area contributed by atoms with Crippen LogP contribution in [-0.2, 0) is 15.9 Å². The molecule has 1 atom stereocenters.